The summed E-state index contributed by atoms with van der Waals surface area (Å²) in [4.78, 5) is 25.3. The summed E-state index contributed by atoms with van der Waals surface area (Å²) in [5.41, 5.74) is 1.10. The number of esters is 1. The van der Waals surface area contributed by atoms with Gasteiger partial charge < -0.3 is 10.1 Å². The van der Waals surface area contributed by atoms with Crippen molar-refractivity contribution < 1.29 is 18.7 Å². The lowest BCUT2D eigenvalue weighted by atomic mass is 10.1. The smallest absolute Gasteiger partial charge is 0.338 e. The molecule has 0 bridgehead atoms. The minimum absolute atomic E-state index is 0.00107. The van der Waals surface area contributed by atoms with Crippen LogP contribution in [0.15, 0.2) is 48.7 Å². The molecule has 0 fully saturated rings. The average Bonchev–Trinajstić information content (AvgIpc) is 3.15. The number of ether oxygens (including phenoxy) is 1. The lowest BCUT2D eigenvalue weighted by Crippen LogP contribution is -2.15. The van der Waals surface area contributed by atoms with Crippen LogP contribution in [0.5, 0.6) is 0 Å². The number of para-hydroxylation sites is 1. The molecule has 7 nitrogen and oxygen atoms in total. The number of anilines is 1. The summed E-state index contributed by atoms with van der Waals surface area (Å²) in [5.74, 6) is -1.90. The van der Waals surface area contributed by atoms with Crippen molar-refractivity contribution in [3.8, 4) is 5.69 Å². The third-order valence-corrected chi connectivity index (χ3v) is 3.73. The minimum atomic E-state index is -0.700. The number of carbonyl (C=O) groups excluding carboxylic acids is 2. The molecular formula is C18H15FN4O3. The first kappa shape index (κ1) is 17.3. The molecule has 1 amide bonds. The lowest BCUT2D eigenvalue weighted by Gasteiger charge is -2.10. The Bertz CT molecular complexity index is 970. The number of amides is 1. The monoisotopic (exact) mass is 354 g/mol. The third-order valence-electron chi connectivity index (χ3n) is 3.73. The molecule has 3 rings (SSSR count). The molecule has 1 heterocycles. The molecule has 2 aromatic carbocycles. The number of aromatic nitrogens is 3. The highest BCUT2D eigenvalue weighted by atomic mass is 19.1. The van der Waals surface area contributed by atoms with Crippen LogP contribution in [0.2, 0.25) is 0 Å². The third kappa shape index (κ3) is 3.44. The summed E-state index contributed by atoms with van der Waals surface area (Å²) >= 11 is 0. The van der Waals surface area contributed by atoms with Gasteiger partial charge >= 0.3 is 5.97 Å². The molecule has 0 saturated carbocycles. The highest BCUT2D eigenvalue weighted by molar-refractivity contribution is 6.03. The van der Waals surface area contributed by atoms with Gasteiger partial charge in [0.25, 0.3) is 5.91 Å². The second-order valence-corrected chi connectivity index (χ2v) is 5.43. The van der Waals surface area contributed by atoms with Gasteiger partial charge in [0.05, 0.1) is 24.6 Å². The Balaban J connectivity index is 1.86. The van der Waals surface area contributed by atoms with Gasteiger partial charge in [-0.1, -0.05) is 18.2 Å². The van der Waals surface area contributed by atoms with Crippen LogP contribution in [-0.4, -0.2) is 34.0 Å². The number of benzene rings is 2. The summed E-state index contributed by atoms with van der Waals surface area (Å²) in [6.07, 6.45) is 1.30. The Labute approximate surface area is 148 Å². The SMILES string of the molecule is COC(=O)c1cc(F)c(C)c(NC(=O)c2cnn(-c3ccccc3)n2)c1. The Morgan fingerprint density at radius 1 is 1.19 bits per heavy atom. The van der Waals surface area contributed by atoms with Crippen LogP contribution in [0.4, 0.5) is 10.1 Å². The quantitative estimate of drug-likeness (QED) is 0.728. The van der Waals surface area contributed by atoms with E-state index >= 15 is 0 Å². The fourth-order valence-electron chi connectivity index (χ4n) is 2.28. The van der Waals surface area contributed by atoms with Crippen molar-refractivity contribution >= 4 is 17.6 Å². The Morgan fingerprint density at radius 3 is 2.62 bits per heavy atom. The number of halogens is 1. The van der Waals surface area contributed by atoms with E-state index < -0.39 is 17.7 Å². The number of carbonyl (C=O) groups is 2. The van der Waals surface area contributed by atoms with Crippen LogP contribution in [0.1, 0.15) is 26.4 Å². The number of nitrogens with one attached hydrogen (secondary N) is 1. The molecule has 0 aliphatic carbocycles. The number of hydrogen-bond acceptors (Lipinski definition) is 5. The first-order valence-corrected chi connectivity index (χ1v) is 7.67. The molecule has 0 aliphatic rings. The van der Waals surface area contributed by atoms with Crippen LogP contribution in [0.25, 0.3) is 5.69 Å². The van der Waals surface area contributed by atoms with Crippen molar-refractivity contribution in [2.24, 2.45) is 0 Å². The van der Waals surface area contributed by atoms with Gasteiger partial charge in [-0.25, -0.2) is 9.18 Å². The first-order chi connectivity index (χ1) is 12.5. The van der Waals surface area contributed by atoms with E-state index in [1.165, 1.54) is 31.1 Å². The van der Waals surface area contributed by atoms with Gasteiger partial charge in [0.1, 0.15) is 5.82 Å². The molecule has 0 spiro atoms. The zero-order chi connectivity index (χ0) is 18.7. The van der Waals surface area contributed by atoms with Crippen molar-refractivity contribution in [3.05, 3.63) is 71.3 Å². The molecule has 0 unspecified atom stereocenters. The predicted molar refractivity (Wildman–Crippen MR) is 91.8 cm³/mol. The fourth-order valence-corrected chi connectivity index (χ4v) is 2.28. The molecule has 1 aromatic heterocycles. The zero-order valence-corrected chi connectivity index (χ0v) is 14.1. The second kappa shape index (κ2) is 7.14. The highest BCUT2D eigenvalue weighted by Crippen LogP contribution is 2.22. The largest absolute Gasteiger partial charge is 0.465 e. The molecule has 3 aromatic rings. The molecule has 0 radical (unpaired) electrons. The Morgan fingerprint density at radius 2 is 1.92 bits per heavy atom. The Kier molecular flexibility index (Phi) is 4.74. The summed E-state index contributed by atoms with van der Waals surface area (Å²) in [6.45, 7) is 1.49. The second-order valence-electron chi connectivity index (χ2n) is 5.43. The van der Waals surface area contributed by atoms with E-state index in [4.69, 9.17) is 0 Å². The van der Waals surface area contributed by atoms with Crippen LogP contribution >= 0.6 is 0 Å². The van der Waals surface area contributed by atoms with Crippen molar-refractivity contribution in [2.45, 2.75) is 6.92 Å². The van der Waals surface area contributed by atoms with Gasteiger partial charge in [0, 0.05) is 11.3 Å². The maximum Gasteiger partial charge on any atom is 0.338 e. The van der Waals surface area contributed by atoms with Crippen LogP contribution < -0.4 is 5.32 Å². The van der Waals surface area contributed by atoms with E-state index in [1.54, 1.807) is 12.1 Å². The van der Waals surface area contributed by atoms with E-state index in [0.29, 0.717) is 5.69 Å². The molecule has 0 saturated heterocycles. The number of hydrogen-bond donors (Lipinski definition) is 1. The maximum atomic E-state index is 14.0. The molecule has 26 heavy (non-hydrogen) atoms. The molecule has 1 N–H and O–H groups in total. The standard InChI is InChI=1S/C18H15FN4O3/c1-11-14(19)8-12(18(25)26-2)9-15(11)21-17(24)16-10-20-23(22-16)13-6-4-3-5-7-13/h3-10H,1-2H3,(H,21,24). The van der Waals surface area contributed by atoms with Crippen LogP contribution in [0, 0.1) is 12.7 Å². The van der Waals surface area contributed by atoms with Gasteiger partial charge in [0.2, 0.25) is 0 Å². The van der Waals surface area contributed by atoms with Gasteiger partial charge in [-0.3, -0.25) is 4.79 Å². The van der Waals surface area contributed by atoms with Gasteiger partial charge in [-0.05, 0) is 31.2 Å². The molecule has 0 aliphatic heterocycles. The predicted octanol–water partition coefficient (Wildman–Crippen LogP) is 2.75. The van der Waals surface area contributed by atoms with E-state index in [-0.39, 0.29) is 22.5 Å². The number of nitrogens with zero attached hydrogens (tertiary/aromatic N) is 3. The first-order valence-electron chi connectivity index (χ1n) is 7.67. The molecule has 0 atom stereocenters. The maximum absolute atomic E-state index is 14.0. The lowest BCUT2D eigenvalue weighted by molar-refractivity contribution is 0.0600. The fraction of sp³-hybridized carbons (Fsp3) is 0.111. The normalized spacial score (nSPS) is 10.4. The summed E-state index contributed by atoms with van der Waals surface area (Å²) in [7, 11) is 1.19. The van der Waals surface area contributed by atoms with E-state index in [1.807, 2.05) is 18.2 Å². The summed E-state index contributed by atoms with van der Waals surface area (Å²) < 4.78 is 18.6. The summed E-state index contributed by atoms with van der Waals surface area (Å²) in [5, 5.41) is 10.7. The van der Waals surface area contributed by atoms with E-state index in [0.717, 1.165) is 6.07 Å². The van der Waals surface area contributed by atoms with Crippen molar-refractivity contribution in [2.75, 3.05) is 12.4 Å². The molecule has 8 heteroatoms. The topological polar surface area (TPSA) is 86.1 Å². The Hall–Kier alpha value is -3.55. The van der Waals surface area contributed by atoms with Crippen molar-refractivity contribution in [1.82, 2.24) is 15.0 Å². The van der Waals surface area contributed by atoms with E-state index in [2.05, 4.69) is 20.3 Å². The molecule has 132 valence electrons. The van der Waals surface area contributed by atoms with Gasteiger partial charge in [-0.2, -0.15) is 9.90 Å². The van der Waals surface area contributed by atoms with Crippen molar-refractivity contribution in [3.63, 3.8) is 0 Å². The minimum Gasteiger partial charge on any atom is -0.465 e. The molecular weight excluding hydrogens is 339 g/mol. The number of methoxy groups -OCH3 is 1. The van der Waals surface area contributed by atoms with Gasteiger partial charge in [-0.15, -0.1) is 5.10 Å². The zero-order valence-electron chi connectivity index (χ0n) is 14.1. The average molecular weight is 354 g/mol. The highest BCUT2D eigenvalue weighted by Gasteiger charge is 2.17. The van der Waals surface area contributed by atoms with Gasteiger partial charge in [0.15, 0.2) is 5.69 Å². The summed E-state index contributed by atoms with van der Waals surface area (Å²) in [6, 6.07) is 11.5. The van der Waals surface area contributed by atoms with Crippen molar-refractivity contribution in [1.29, 1.82) is 0 Å². The van der Waals surface area contributed by atoms with Crippen LogP contribution in [0.3, 0.4) is 0 Å². The van der Waals surface area contributed by atoms with E-state index in [9.17, 15) is 14.0 Å². The van der Waals surface area contributed by atoms with Crippen LogP contribution in [-0.2, 0) is 4.74 Å². The number of rotatable bonds is 4.